The quantitative estimate of drug-likeness (QED) is 0.0165. The minimum atomic E-state index is -0.996. The maximum Gasteiger partial charge on any atom is 0.407 e. The Hall–Kier alpha value is -5.62. The minimum Gasteiger partial charge on any atom is -0.449 e. The van der Waals surface area contributed by atoms with Crippen molar-refractivity contribution in [3.8, 4) is 12.5 Å². The third-order valence-corrected chi connectivity index (χ3v) is 10.4. The van der Waals surface area contributed by atoms with Crippen LogP contribution in [0.4, 0.5) is 19.2 Å². The van der Waals surface area contributed by atoms with Gasteiger partial charge in [0.1, 0.15) is 39.6 Å². The molecule has 0 aromatic carbocycles. The van der Waals surface area contributed by atoms with Gasteiger partial charge in [0.05, 0.1) is 37.1 Å². The van der Waals surface area contributed by atoms with Crippen LogP contribution in [0, 0.1) is 33.9 Å². The van der Waals surface area contributed by atoms with Gasteiger partial charge in [-0.25, -0.2) is 38.8 Å². The number of ether oxygens (including phenoxy) is 7. The molecule has 0 aromatic rings. The van der Waals surface area contributed by atoms with Crippen molar-refractivity contribution in [3.05, 3.63) is 0 Å². The molecule has 0 unspecified atom stereocenters. The fourth-order valence-corrected chi connectivity index (χ4v) is 6.01. The lowest BCUT2D eigenvalue weighted by Gasteiger charge is -2.35. The van der Waals surface area contributed by atoms with Gasteiger partial charge in [-0.3, -0.25) is 0 Å². The van der Waals surface area contributed by atoms with Crippen molar-refractivity contribution in [1.82, 2.24) is 21.3 Å². The number of amides is 4. The second kappa shape index (κ2) is 42.3. The molecule has 0 bridgehead atoms. The summed E-state index contributed by atoms with van der Waals surface area (Å²) < 4.78 is 38.3. The fraction of sp³-hybridized carbons (Fsp3) is 0.818. The first-order valence-electron chi connectivity index (χ1n) is 22.9. The zero-order valence-electron chi connectivity index (χ0n) is 38.7. The molecule has 0 atom stereocenters. The molecule has 21 nitrogen and oxygen atoms in total. The molecule has 368 valence electrons. The number of aliphatic imine (C=N–C) groups is 2. The number of alkyl carbamates (subject to hydrolysis) is 4. The summed E-state index contributed by atoms with van der Waals surface area (Å²) >= 11 is 0. The minimum absolute atomic E-state index is 0.0456. The highest BCUT2D eigenvalue weighted by molar-refractivity contribution is 5.68. The maximum atomic E-state index is 12.8. The van der Waals surface area contributed by atoms with Gasteiger partial charge < -0.3 is 54.4 Å². The number of hydrogen-bond donors (Lipinski definition) is 4. The van der Waals surface area contributed by atoms with Gasteiger partial charge in [0.25, 0.3) is 12.5 Å². The van der Waals surface area contributed by atoms with Gasteiger partial charge in [0.15, 0.2) is 0 Å². The van der Waals surface area contributed by atoms with Crippen LogP contribution in [0.1, 0.15) is 129 Å². The largest absolute Gasteiger partial charge is 0.449 e. The van der Waals surface area contributed by atoms with Crippen LogP contribution in [-0.4, -0.2) is 129 Å². The predicted octanol–water partition coefficient (Wildman–Crippen LogP) is 6.61. The number of carbonyl (C=O) groups is 4. The summed E-state index contributed by atoms with van der Waals surface area (Å²) in [5, 5.41) is 27.9. The van der Waals surface area contributed by atoms with Crippen molar-refractivity contribution in [3.63, 3.8) is 0 Å². The Labute approximate surface area is 384 Å². The molecule has 21 heteroatoms. The lowest BCUT2D eigenvalue weighted by Crippen LogP contribution is -2.44. The normalized spacial score (nSPS) is 11.4. The third kappa shape index (κ3) is 35.4. The zero-order valence-corrected chi connectivity index (χ0v) is 38.7. The Morgan fingerprint density at radius 2 is 0.738 bits per heavy atom. The van der Waals surface area contributed by atoms with Crippen molar-refractivity contribution in [2.24, 2.45) is 20.8 Å². The summed E-state index contributed by atoms with van der Waals surface area (Å²) in [6, 6.07) is 0. The summed E-state index contributed by atoms with van der Waals surface area (Å²) in [5.41, 5.74) is -1.99. The molecular weight excluding hydrogens is 849 g/mol. The van der Waals surface area contributed by atoms with Crippen molar-refractivity contribution in [1.29, 1.82) is 10.5 Å². The topological polar surface area (TPSA) is 287 Å². The van der Waals surface area contributed by atoms with Crippen LogP contribution < -0.4 is 21.3 Å². The van der Waals surface area contributed by atoms with Gasteiger partial charge in [0.2, 0.25) is 12.2 Å². The van der Waals surface area contributed by atoms with Gasteiger partial charge in [-0.05, 0) is 77.0 Å². The van der Waals surface area contributed by atoms with E-state index in [0.29, 0.717) is 91.0 Å². The van der Waals surface area contributed by atoms with E-state index >= 15 is 0 Å². The SMILES string of the molecule is CCC(COCC(CC)(COC(=O)NCCCCCCOC#N)COC(=O)NCCCCCCOC#N)(COC(=O)NCCCCCCN=C=O)COC(=O)NCCCCCCN=C=O. The van der Waals surface area contributed by atoms with Crippen molar-refractivity contribution >= 4 is 36.5 Å². The van der Waals surface area contributed by atoms with Gasteiger partial charge in [-0.15, -0.1) is 0 Å². The van der Waals surface area contributed by atoms with Crippen molar-refractivity contribution in [2.45, 2.75) is 129 Å². The summed E-state index contributed by atoms with van der Waals surface area (Å²) in [6.45, 7) is 5.96. The number of rotatable bonds is 42. The van der Waals surface area contributed by atoms with Gasteiger partial charge in [-0.2, -0.15) is 10.5 Å². The van der Waals surface area contributed by atoms with Crippen LogP contribution in [0.5, 0.6) is 0 Å². The van der Waals surface area contributed by atoms with Crippen molar-refractivity contribution < 1.29 is 61.9 Å². The molecule has 65 heavy (non-hydrogen) atoms. The van der Waals surface area contributed by atoms with E-state index in [4.69, 9.17) is 34.2 Å². The first kappa shape index (κ1) is 59.4. The molecular formula is C44H74N8O13. The van der Waals surface area contributed by atoms with E-state index in [1.165, 1.54) is 12.2 Å². The predicted molar refractivity (Wildman–Crippen MR) is 237 cm³/mol. The van der Waals surface area contributed by atoms with E-state index in [-0.39, 0.29) is 39.6 Å². The first-order chi connectivity index (χ1) is 31.6. The van der Waals surface area contributed by atoms with Crippen LogP contribution in [0.15, 0.2) is 9.98 Å². The molecule has 4 amide bonds. The molecule has 0 saturated heterocycles. The van der Waals surface area contributed by atoms with Gasteiger partial charge in [-0.1, -0.05) is 52.4 Å². The van der Waals surface area contributed by atoms with Crippen LogP contribution in [-0.2, 0) is 42.7 Å². The van der Waals surface area contributed by atoms with E-state index in [2.05, 4.69) is 40.7 Å². The number of hydrogen-bond acceptors (Lipinski definition) is 17. The lowest BCUT2D eigenvalue weighted by molar-refractivity contribution is -0.0824. The highest BCUT2D eigenvalue weighted by atomic mass is 16.6. The second-order valence-corrected chi connectivity index (χ2v) is 15.7. The van der Waals surface area contributed by atoms with E-state index < -0.39 is 35.2 Å². The van der Waals surface area contributed by atoms with Crippen LogP contribution in [0.25, 0.3) is 0 Å². The van der Waals surface area contributed by atoms with E-state index in [1.54, 1.807) is 12.5 Å². The van der Waals surface area contributed by atoms with Crippen molar-refractivity contribution in [2.75, 3.05) is 92.1 Å². The van der Waals surface area contributed by atoms with Crippen LogP contribution in [0.3, 0.4) is 0 Å². The standard InChI is InChI=1S/C44H74N8O13/c1-3-43(31-62-39(55)49-23-15-7-5-13-21-47-37-53,32-63-40(56)50-24-16-8-6-14-22-48-38-54)29-61-30-44(4-2,33-64-41(57)51-25-17-9-11-19-27-59-35-45)34-65-42(58)52-26-18-10-12-20-28-60-36-46/h3-34H2,1-2H3,(H,49,55)(H,50,56)(H,51,57)(H,52,58). The third-order valence-electron chi connectivity index (χ3n) is 10.4. The number of nitrogens with zero attached hydrogens (tertiary/aromatic N) is 4. The van der Waals surface area contributed by atoms with Gasteiger partial charge >= 0.3 is 24.4 Å². The zero-order chi connectivity index (χ0) is 48.0. The Morgan fingerprint density at radius 1 is 0.446 bits per heavy atom. The Morgan fingerprint density at radius 3 is 1.02 bits per heavy atom. The molecule has 4 N–H and O–H groups in total. The smallest absolute Gasteiger partial charge is 0.407 e. The number of unbranched alkanes of at least 4 members (excludes halogenated alkanes) is 12. The molecule has 0 aliphatic carbocycles. The average Bonchev–Trinajstić information content (AvgIpc) is 3.31. The molecule has 0 aliphatic rings. The number of isocyanates is 2. The van der Waals surface area contributed by atoms with Crippen LogP contribution in [0.2, 0.25) is 0 Å². The Kier molecular flexibility index (Phi) is 38.7. The van der Waals surface area contributed by atoms with E-state index in [0.717, 1.165) is 77.0 Å². The van der Waals surface area contributed by atoms with Crippen LogP contribution >= 0.6 is 0 Å². The van der Waals surface area contributed by atoms with E-state index in [1.807, 2.05) is 13.8 Å². The molecule has 0 heterocycles. The molecule has 0 aromatic heterocycles. The lowest BCUT2D eigenvalue weighted by atomic mass is 9.86. The fourth-order valence-electron chi connectivity index (χ4n) is 6.01. The van der Waals surface area contributed by atoms with E-state index in [9.17, 15) is 28.8 Å². The highest BCUT2D eigenvalue weighted by Gasteiger charge is 2.37. The summed E-state index contributed by atoms with van der Waals surface area (Å²) in [6.07, 6.45) is 16.8. The molecule has 0 aliphatic heterocycles. The molecule has 0 radical (unpaired) electrons. The monoisotopic (exact) mass is 923 g/mol. The summed E-state index contributed by atoms with van der Waals surface area (Å²) in [5.74, 6) is 0. The molecule has 0 rings (SSSR count). The first-order valence-corrected chi connectivity index (χ1v) is 22.9. The number of carbonyl (C=O) groups excluding carboxylic acids is 6. The average molecular weight is 923 g/mol. The van der Waals surface area contributed by atoms with Gasteiger partial charge in [0, 0.05) is 26.2 Å². The molecule has 0 spiro atoms. The Bertz CT molecular complexity index is 1370. The Balaban J connectivity index is 5.73. The highest BCUT2D eigenvalue weighted by Crippen LogP contribution is 2.29. The molecule has 0 saturated carbocycles. The second-order valence-electron chi connectivity index (χ2n) is 15.7. The molecule has 0 fully saturated rings. The summed E-state index contributed by atoms with van der Waals surface area (Å²) in [7, 11) is 0. The summed E-state index contributed by atoms with van der Waals surface area (Å²) in [4.78, 5) is 78.7. The maximum absolute atomic E-state index is 12.8. The number of nitrogens with one attached hydrogen (secondary N) is 4. The number of nitriles is 2.